The maximum Gasteiger partial charge on any atom is 0.195 e. The Morgan fingerprint density at radius 1 is 1.15 bits per heavy atom. The maximum absolute atomic E-state index is 13.0. The zero-order chi connectivity index (χ0) is 14.3. The van der Waals surface area contributed by atoms with Gasteiger partial charge in [-0.3, -0.25) is 4.79 Å². The zero-order valence-electron chi connectivity index (χ0n) is 13.5. The molecule has 0 radical (unpaired) electrons. The van der Waals surface area contributed by atoms with Gasteiger partial charge in [0.1, 0.15) is 19.1 Å². The molecule has 3 nitrogen and oxygen atoms in total. The highest BCUT2D eigenvalue weighted by molar-refractivity contribution is 5.88. The highest BCUT2D eigenvalue weighted by Crippen LogP contribution is 2.60. The van der Waals surface area contributed by atoms with Crippen LogP contribution in [0.2, 0.25) is 0 Å². The van der Waals surface area contributed by atoms with Crippen LogP contribution < -0.4 is 10.2 Å². The number of carbonyl (C=O) groups excluding carboxylic acids is 1. The van der Waals surface area contributed by atoms with Gasteiger partial charge < -0.3 is 10.2 Å². The molecule has 3 N–H and O–H groups in total. The molecular weight excluding hydrogens is 248 g/mol. The number of carbonyl (C=O) groups is 1. The first-order chi connectivity index (χ1) is 9.48. The van der Waals surface area contributed by atoms with Gasteiger partial charge in [-0.15, -0.1) is 0 Å². The minimum atomic E-state index is 0.0929. The lowest BCUT2D eigenvalue weighted by Gasteiger charge is -2.56. The lowest BCUT2D eigenvalue weighted by molar-refractivity contribution is -0.875. The van der Waals surface area contributed by atoms with E-state index in [1.165, 1.54) is 43.4 Å². The largest absolute Gasteiger partial charge is 0.335 e. The van der Waals surface area contributed by atoms with Crippen molar-refractivity contribution in [3.05, 3.63) is 0 Å². The van der Waals surface area contributed by atoms with Gasteiger partial charge >= 0.3 is 0 Å². The second kappa shape index (κ2) is 5.42. The van der Waals surface area contributed by atoms with E-state index in [4.69, 9.17) is 0 Å². The summed E-state index contributed by atoms with van der Waals surface area (Å²) in [6.07, 6.45) is 7.93. The molecule has 4 aliphatic rings. The lowest BCUT2D eigenvalue weighted by atomic mass is 9.48. The number of ketones is 1. The van der Waals surface area contributed by atoms with E-state index < -0.39 is 0 Å². The summed E-state index contributed by atoms with van der Waals surface area (Å²) < 4.78 is 0. The standard InChI is InChI=1S/C17H30N2O/c1-12(18-4-5-19(2)3)16(20)17-9-13-6-14(10-17)8-15(7-13)11-17/h12-15,18H,4-11H2,1-3H3/p+2/t12-,13?,14?,15?,17?/m1/s1. The molecule has 114 valence electrons. The first-order valence-corrected chi connectivity index (χ1v) is 8.65. The fourth-order valence-electron chi connectivity index (χ4n) is 5.62. The predicted molar refractivity (Wildman–Crippen MR) is 79.5 cm³/mol. The molecule has 4 saturated carbocycles. The average molecular weight is 280 g/mol. The molecule has 0 aromatic rings. The third-order valence-corrected chi connectivity index (χ3v) is 6.14. The molecule has 1 atom stereocenters. The van der Waals surface area contributed by atoms with Crippen LogP contribution in [0.3, 0.4) is 0 Å². The summed E-state index contributed by atoms with van der Waals surface area (Å²) in [4.78, 5) is 14.5. The second-order valence-corrected chi connectivity index (χ2v) is 8.33. The summed E-state index contributed by atoms with van der Waals surface area (Å²) >= 11 is 0. The van der Waals surface area contributed by atoms with Gasteiger partial charge in [0.15, 0.2) is 5.78 Å². The number of likely N-dealkylation sites (N-methyl/N-ethyl adjacent to an activating group) is 1. The molecule has 0 unspecified atom stereocenters. The van der Waals surface area contributed by atoms with Crippen molar-refractivity contribution in [2.75, 3.05) is 27.2 Å². The van der Waals surface area contributed by atoms with Crippen molar-refractivity contribution in [2.45, 2.75) is 51.5 Å². The summed E-state index contributed by atoms with van der Waals surface area (Å²) in [6.45, 7) is 4.35. The summed E-state index contributed by atoms with van der Waals surface area (Å²) in [5.74, 6) is 3.22. The third kappa shape index (κ3) is 2.67. The highest BCUT2D eigenvalue weighted by atomic mass is 16.1. The molecular formula is C17H32N2O+2. The van der Waals surface area contributed by atoms with Crippen LogP contribution >= 0.6 is 0 Å². The highest BCUT2D eigenvalue weighted by Gasteiger charge is 2.55. The SMILES string of the molecule is C[C@@H]([NH2+]CC[NH+](C)C)C(=O)C12CC3CC(CC(C3)C1)C2. The number of quaternary nitrogens is 2. The third-order valence-electron chi connectivity index (χ3n) is 6.14. The fraction of sp³-hybridized carbons (Fsp3) is 0.941. The minimum Gasteiger partial charge on any atom is -0.335 e. The lowest BCUT2D eigenvalue weighted by Crippen LogP contribution is -3.10. The summed E-state index contributed by atoms with van der Waals surface area (Å²) in [5.41, 5.74) is 0.0929. The van der Waals surface area contributed by atoms with Crippen LogP contribution in [-0.2, 0) is 4.79 Å². The Morgan fingerprint density at radius 3 is 2.10 bits per heavy atom. The molecule has 4 bridgehead atoms. The first-order valence-electron chi connectivity index (χ1n) is 8.65. The Morgan fingerprint density at radius 2 is 1.65 bits per heavy atom. The number of nitrogens with one attached hydrogen (secondary N) is 1. The topological polar surface area (TPSA) is 38.1 Å². The molecule has 4 aliphatic carbocycles. The molecule has 0 aliphatic heterocycles. The van der Waals surface area contributed by atoms with E-state index >= 15 is 0 Å². The Hall–Kier alpha value is -0.410. The normalized spacial score (nSPS) is 40.3. The van der Waals surface area contributed by atoms with E-state index in [-0.39, 0.29) is 11.5 Å². The molecule has 0 aromatic carbocycles. The van der Waals surface area contributed by atoms with E-state index in [1.54, 1.807) is 0 Å². The zero-order valence-corrected chi connectivity index (χ0v) is 13.5. The second-order valence-electron chi connectivity index (χ2n) is 8.33. The minimum absolute atomic E-state index is 0.0929. The molecule has 3 heteroatoms. The van der Waals surface area contributed by atoms with E-state index in [0.717, 1.165) is 30.8 Å². The van der Waals surface area contributed by atoms with Crippen molar-refractivity contribution in [3.63, 3.8) is 0 Å². The van der Waals surface area contributed by atoms with Crippen LogP contribution in [-0.4, -0.2) is 39.0 Å². The Labute approximate surface area is 123 Å². The van der Waals surface area contributed by atoms with E-state index in [2.05, 4.69) is 26.3 Å². The summed E-state index contributed by atoms with van der Waals surface area (Å²) in [6, 6.07) is 0.172. The average Bonchev–Trinajstić information content (AvgIpc) is 2.35. The van der Waals surface area contributed by atoms with Crippen LogP contribution in [0.15, 0.2) is 0 Å². The Bertz CT molecular complexity index is 342. The van der Waals surface area contributed by atoms with Crippen molar-refractivity contribution in [1.82, 2.24) is 0 Å². The van der Waals surface area contributed by atoms with Crippen molar-refractivity contribution in [3.8, 4) is 0 Å². The number of Topliss-reactive ketones (excluding diaryl/α,β-unsaturated/α-hetero) is 1. The van der Waals surface area contributed by atoms with Gasteiger partial charge in [0.2, 0.25) is 0 Å². The van der Waals surface area contributed by atoms with Gasteiger partial charge in [-0.2, -0.15) is 0 Å². The molecule has 0 heterocycles. The van der Waals surface area contributed by atoms with Gasteiger partial charge in [-0.25, -0.2) is 0 Å². The van der Waals surface area contributed by atoms with Crippen LogP contribution in [0.5, 0.6) is 0 Å². The first kappa shape index (κ1) is 14.5. The van der Waals surface area contributed by atoms with Gasteiger partial charge in [0.25, 0.3) is 0 Å². The van der Waals surface area contributed by atoms with E-state index in [9.17, 15) is 4.79 Å². The number of rotatable bonds is 6. The molecule has 4 fully saturated rings. The summed E-state index contributed by atoms with van der Waals surface area (Å²) in [7, 11) is 4.36. The molecule has 0 amide bonds. The fourth-order valence-corrected chi connectivity index (χ4v) is 5.62. The van der Waals surface area contributed by atoms with Gasteiger partial charge in [0.05, 0.1) is 14.1 Å². The van der Waals surface area contributed by atoms with E-state index in [0.29, 0.717) is 5.78 Å². The van der Waals surface area contributed by atoms with Gasteiger partial charge in [-0.1, -0.05) is 0 Å². The molecule has 0 saturated heterocycles. The molecule has 0 spiro atoms. The number of nitrogens with two attached hydrogens (primary N) is 1. The van der Waals surface area contributed by atoms with Crippen LogP contribution in [0, 0.1) is 23.2 Å². The smallest absolute Gasteiger partial charge is 0.195 e. The maximum atomic E-state index is 13.0. The van der Waals surface area contributed by atoms with Crippen molar-refractivity contribution < 1.29 is 15.0 Å². The number of hydrogen-bond acceptors (Lipinski definition) is 1. The predicted octanol–water partition coefficient (Wildman–Crippen LogP) is -0.132. The van der Waals surface area contributed by atoms with Gasteiger partial charge in [0, 0.05) is 5.41 Å². The van der Waals surface area contributed by atoms with Crippen molar-refractivity contribution in [1.29, 1.82) is 0 Å². The summed E-state index contributed by atoms with van der Waals surface area (Å²) in [5, 5.41) is 2.29. The van der Waals surface area contributed by atoms with Crippen LogP contribution in [0.4, 0.5) is 0 Å². The molecule has 0 aromatic heterocycles. The Kier molecular flexibility index (Phi) is 3.93. The quantitative estimate of drug-likeness (QED) is 0.699. The van der Waals surface area contributed by atoms with E-state index in [1.807, 2.05) is 0 Å². The molecule has 4 rings (SSSR count). The Balaban J connectivity index is 1.61. The van der Waals surface area contributed by atoms with Crippen molar-refractivity contribution >= 4 is 5.78 Å². The van der Waals surface area contributed by atoms with Crippen LogP contribution in [0.25, 0.3) is 0 Å². The monoisotopic (exact) mass is 280 g/mol. The number of hydrogen-bond donors (Lipinski definition) is 2. The van der Waals surface area contributed by atoms with Crippen molar-refractivity contribution in [2.24, 2.45) is 23.2 Å². The molecule has 20 heavy (non-hydrogen) atoms. The van der Waals surface area contributed by atoms with Crippen LogP contribution in [0.1, 0.15) is 45.4 Å². The van der Waals surface area contributed by atoms with Gasteiger partial charge in [-0.05, 0) is 63.2 Å².